The molecule has 24 heavy (non-hydrogen) atoms. The quantitative estimate of drug-likeness (QED) is 0.745. The number of fused-ring (bicyclic) bond motifs is 1. The zero-order valence-corrected chi connectivity index (χ0v) is 14.3. The third kappa shape index (κ3) is 2.75. The van der Waals surface area contributed by atoms with E-state index in [9.17, 15) is 4.79 Å². The molecule has 1 aromatic heterocycles. The summed E-state index contributed by atoms with van der Waals surface area (Å²) in [5, 5.41) is 4.12. The van der Waals surface area contributed by atoms with Gasteiger partial charge in [0.05, 0.1) is 12.3 Å². The number of para-hydroxylation sites is 3. The van der Waals surface area contributed by atoms with Gasteiger partial charge < -0.3 is 14.6 Å². The van der Waals surface area contributed by atoms with Crippen LogP contribution in [0, 0.1) is 6.92 Å². The lowest BCUT2D eigenvalue weighted by Crippen LogP contribution is -2.18. The van der Waals surface area contributed by atoms with Crippen LogP contribution < -0.4 is 10.1 Å². The van der Waals surface area contributed by atoms with E-state index in [1.807, 2.05) is 50.2 Å². The van der Waals surface area contributed by atoms with Crippen molar-refractivity contribution in [1.82, 2.24) is 4.57 Å². The van der Waals surface area contributed by atoms with Gasteiger partial charge in [-0.3, -0.25) is 4.79 Å². The average Bonchev–Trinajstić information content (AvgIpc) is 2.89. The second-order valence-corrected chi connectivity index (χ2v) is 5.62. The highest BCUT2D eigenvalue weighted by Gasteiger charge is 2.20. The first-order valence-electron chi connectivity index (χ1n) is 8.28. The van der Waals surface area contributed by atoms with E-state index in [0.717, 1.165) is 23.0 Å². The summed E-state index contributed by atoms with van der Waals surface area (Å²) in [6.45, 7) is 7.28. The second kappa shape index (κ2) is 6.79. The maximum Gasteiger partial charge on any atom is 0.272 e. The van der Waals surface area contributed by atoms with Crippen LogP contribution in [0.2, 0.25) is 0 Å². The number of hydrogen-bond acceptors (Lipinski definition) is 2. The van der Waals surface area contributed by atoms with Crippen molar-refractivity contribution in [2.45, 2.75) is 27.3 Å². The van der Waals surface area contributed by atoms with Gasteiger partial charge in [-0.25, -0.2) is 0 Å². The van der Waals surface area contributed by atoms with Gasteiger partial charge in [0.1, 0.15) is 11.4 Å². The molecule has 0 bridgehead atoms. The molecule has 0 aliphatic rings. The minimum absolute atomic E-state index is 0.113. The van der Waals surface area contributed by atoms with Crippen LogP contribution in [0.3, 0.4) is 0 Å². The molecule has 1 N–H and O–H groups in total. The van der Waals surface area contributed by atoms with Gasteiger partial charge in [-0.1, -0.05) is 30.3 Å². The summed E-state index contributed by atoms with van der Waals surface area (Å²) in [5.41, 5.74) is 3.47. The monoisotopic (exact) mass is 322 g/mol. The number of nitrogens with zero attached hydrogens (tertiary/aromatic N) is 1. The summed E-state index contributed by atoms with van der Waals surface area (Å²) in [7, 11) is 0. The standard InChI is InChI=1S/C20H22N2O2/c1-4-22-17-12-8-6-10-15(17)14(3)19(22)20(23)21-16-11-7-9-13-18(16)24-5-2/h6-13H,4-5H2,1-3H3,(H,21,23). The van der Waals surface area contributed by atoms with Crippen molar-refractivity contribution in [1.29, 1.82) is 0 Å². The molecule has 0 saturated carbocycles. The molecule has 1 amide bonds. The number of anilines is 1. The van der Waals surface area contributed by atoms with Crippen molar-refractivity contribution in [2.24, 2.45) is 0 Å². The van der Waals surface area contributed by atoms with E-state index in [0.29, 0.717) is 23.7 Å². The van der Waals surface area contributed by atoms with E-state index >= 15 is 0 Å². The fourth-order valence-corrected chi connectivity index (χ4v) is 3.13. The van der Waals surface area contributed by atoms with E-state index < -0.39 is 0 Å². The zero-order chi connectivity index (χ0) is 17.1. The topological polar surface area (TPSA) is 43.3 Å². The van der Waals surface area contributed by atoms with Crippen molar-refractivity contribution in [2.75, 3.05) is 11.9 Å². The molecule has 4 heteroatoms. The molecule has 0 spiro atoms. The Kier molecular flexibility index (Phi) is 4.56. The summed E-state index contributed by atoms with van der Waals surface area (Å²) < 4.78 is 7.66. The van der Waals surface area contributed by atoms with Crippen LogP contribution in [0.15, 0.2) is 48.5 Å². The Morgan fingerprint density at radius 1 is 1.08 bits per heavy atom. The lowest BCUT2D eigenvalue weighted by molar-refractivity contribution is 0.101. The molecule has 3 aromatic rings. The van der Waals surface area contributed by atoms with E-state index in [4.69, 9.17) is 4.74 Å². The molecular formula is C20H22N2O2. The molecule has 0 unspecified atom stereocenters. The molecule has 124 valence electrons. The number of nitrogens with one attached hydrogen (secondary N) is 1. The van der Waals surface area contributed by atoms with Crippen molar-refractivity contribution in [3.8, 4) is 5.75 Å². The highest BCUT2D eigenvalue weighted by Crippen LogP contribution is 2.28. The molecule has 0 aliphatic carbocycles. The predicted octanol–water partition coefficient (Wildman–Crippen LogP) is 4.62. The third-order valence-electron chi connectivity index (χ3n) is 4.19. The number of carbonyl (C=O) groups is 1. The van der Waals surface area contributed by atoms with Crippen molar-refractivity contribution < 1.29 is 9.53 Å². The molecular weight excluding hydrogens is 300 g/mol. The first kappa shape index (κ1) is 16.1. The molecule has 3 rings (SSSR count). The van der Waals surface area contributed by atoms with E-state index in [1.54, 1.807) is 0 Å². The molecule has 1 heterocycles. The number of hydrogen-bond donors (Lipinski definition) is 1. The van der Waals surface area contributed by atoms with Crippen molar-refractivity contribution in [3.63, 3.8) is 0 Å². The minimum atomic E-state index is -0.113. The van der Waals surface area contributed by atoms with Gasteiger partial charge in [0.25, 0.3) is 5.91 Å². The SMILES string of the molecule is CCOc1ccccc1NC(=O)c1c(C)c2ccccc2n1CC. The van der Waals surface area contributed by atoms with Gasteiger partial charge >= 0.3 is 0 Å². The molecule has 0 aliphatic heterocycles. The van der Waals surface area contributed by atoms with Crippen LogP contribution in [0.4, 0.5) is 5.69 Å². The van der Waals surface area contributed by atoms with E-state index in [2.05, 4.69) is 28.9 Å². The zero-order valence-electron chi connectivity index (χ0n) is 14.3. The summed E-state index contributed by atoms with van der Waals surface area (Å²) in [4.78, 5) is 13.0. The summed E-state index contributed by atoms with van der Waals surface area (Å²) >= 11 is 0. The number of benzene rings is 2. The lowest BCUT2D eigenvalue weighted by Gasteiger charge is -2.13. The average molecular weight is 322 g/mol. The molecule has 0 radical (unpaired) electrons. The highest BCUT2D eigenvalue weighted by atomic mass is 16.5. The highest BCUT2D eigenvalue weighted by molar-refractivity contribution is 6.08. The van der Waals surface area contributed by atoms with Crippen LogP contribution in [-0.4, -0.2) is 17.1 Å². The lowest BCUT2D eigenvalue weighted by atomic mass is 10.1. The fraction of sp³-hybridized carbons (Fsp3) is 0.250. The normalized spacial score (nSPS) is 10.8. The Morgan fingerprint density at radius 3 is 2.54 bits per heavy atom. The van der Waals surface area contributed by atoms with Gasteiger partial charge in [-0.05, 0) is 44.5 Å². The van der Waals surface area contributed by atoms with Gasteiger partial charge in [0.2, 0.25) is 0 Å². The Bertz CT molecular complexity index is 880. The van der Waals surface area contributed by atoms with Gasteiger partial charge in [-0.2, -0.15) is 0 Å². The Labute approximate surface area is 142 Å². The van der Waals surface area contributed by atoms with Crippen LogP contribution in [0.25, 0.3) is 10.9 Å². The number of carbonyl (C=O) groups excluding carboxylic acids is 1. The third-order valence-corrected chi connectivity index (χ3v) is 4.19. The van der Waals surface area contributed by atoms with Crippen LogP contribution in [0.5, 0.6) is 5.75 Å². The first-order chi connectivity index (χ1) is 11.7. The number of ether oxygens (including phenoxy) is 1. The van der Waals surface area contributed by atoms with Crippen LogP contribution >= 0.6 is 0 Å². The van der Waals surface area contributed by atoms with Gasteiger partial charge in [-0.15, -0.1) is 0 Å². The number of rotatable bonds is 5. The number of aromatic nitrogens is 1. The first-order valence-corrected chi connectivity index (χ1v) is 8.28. The van der Waals surface area contributed by atoms with Crippen LogP contribution in [-0.2, 0) is 6.54 Å². The van der Waals surface area contributed by atoms with Crippen LogP contribution in [0.1, 0.15) is 29.9 Å². The number of amides is 1. The van der Waals surface area contributed by atoms with Crippen molar-refractivity contribution >= 4 is 22.5 Å². The van der Waals surface area contributed by atoms with Crippen molar-refractivity contribution in [3.05, 3.63) is 59.8 Å². The fourth-order valence-electron chi connectivity index (χ4n) is 3.13. The molecule has 0 atom stereocenters. The van der Waals surface area contributed by atoms with E-state index in [1.165, 1.54) is 0 Å². The number of aryl methyl sites for hydroxylation is 2. The molecule has 0 fully saturated rings. The summed E-state index contributed by atoms with van der Waals surface area (Å²) in [6, 6.07) is 15.6. The predicted molar refractivity (Wildman–Crippen MR) is 97.9 cm³/mol. The van der Waals surface area contributed by atoms with Gasteiger partial charge in [0, 0.05) is 17.4 Å². The molecule has 0 saturated heterocycles. The largest absolute Gasteiger partial charge is 0.492 e. The Morgan fingerprint density at radius 2 is 1.79 bits per heavy atom. The maximum atomic E-state index is 13.0. The Balaban J connectivity index is 2.02. The second-order valence-electron chi connectivity index (χ2n) is 5.62. The smallest absolute Gasteiger partial charge is 0.272 e. The summed E-state index contributed by atoms with van der Waals surface area (Å²) in [6.07, 6.45) is 0. The van der Waals surface area contributed by atoms with E-state index in [-0.39, 0.29) is 5.91 Å². The Hall–Kier alpha value is -2.75. The maximum absolute atomic E-state index is 13.0. The van der Waals surface area contributed by atoms with Gasteiger partial charge in [0.15, 0.2) is 0 Å². The minimum Gasteiger partial charge on any atom is -0.492 e. The molecule has 2 aromatic carbocycles. The summed E-state index contributed by atoms with van der Waals surface area (Å²) in [5.74, 6) is 0.572. The molecule has 4 nitrogen and oxygen atoms in total.